The highest BCUT2D eigenvalue weighted by Crippen LogP contribution is 2.11. The predicted molar refractivity (Wildman–Crippen MR) is 53.9 cm³/mol. The van der Waals surface area contributed by atoms with E-state index in [9.17, 15) is 14.0 Å². The van der Waals surface area contributed by atoms with Gasteiger partial charge in [-0.25, -0.2) is 4.39 Å². The lowest BCUT2D eigenvalue weighted by atomic mass is 10.0. The van der Waals surface area contributed by atoms with E-state index in [0.29, 0.717) is 5.56 Å². The minimum atomic E-state index is -0.532. The van der Waals surface area contributed by atoms with Crippen molar-refractivity contribution in [2.75, 3.05) is 0 Å². The fourth-order valence-corrected chi connectivity index (χ4v) is 1.15. The molecule has 0 aromatic heterocycles. The molecule has 4 heteroatoms. The summed E-state index contributed by atoms with van der Waals surface area (Å²) in [7, 11) is 0. The van der Waals surface area contributed by atoms with Gasteiger partial charge in [-0.3, -0.25) is 9.59 Å². The third-order valence-corrected chi connectivity index (χ3v) is 2.09. The Labute approximate surface area is 87.1 Å². The van der Waals surface area contributed by atoms with Crippen molar-refractivity contribution in [2.24, 2.45) is 5.73 Å². The molecule has 0 aliphatic carbocycles. The number of primary amides is 1. The Kier molecular flexibility index (Phi) is 3.55. The first-order valence-corrected chi connectivity index (χ1v) is 4.58. The monoisotopic (exact) mass is 209 g/mol. The zero-order chi connectivity index (χ0) is 11.4. The maximum Gasteiger partial charge on any atom is 0.217 e. The number of aryl methyl sites for hydroxylation is 1. The third kappa shape index (κ3) is 3.16. The summed E-state index contributed by atoms with van der Waals surface area (Å²) in [6, 6.07) is 4.26. The molecule has 0 aliphatic rings. The van der Waals surface area contributed by atoms with E-state index in [4.69, 9.17) is 5.73 Å². The van der Waals surface area contributed by atoms with E-state index in [1.54, 1.807) is 13.0 Å². The number of halogens is 1. The number of hydrogen-bond donors (Lipinski definition) is 1. The van der Waals surface area contributed by atoms with E-state index < -0.39 is 11.7 Å². The van der Waals surface area contributed by atoms with Crippen LogP contribution in [0.2, 0.25) is 0 Å². The van der Waals surface area contributed by atoms with Crippen molar-refractivity contribution in [3.8, 4) is 0 Å². The Balaban J connectivity index is 2.74. The molecule has 0 unspecified atom stereocenters. The van der Waals surface area contributed by atoms with Crippen molar-refractivity contribution in [2.45, 2.75) is 19.8 Å². The lowest BCUT2D eigenvalue weighted by Gasteiger charge is -2.01. The first-order chi connectivity index (χ1) is 7.00. The van der Waals surface area contributed by atoms with Crippen molar-refractivity contribution < 1.29 is 14.0 Å². The topological polar surface area (TPSA) is 60.2 Å². The summed E-state index contributed by atoms with van der Waals surface area (Å²) in [6.07, 6.45) is 0.0200. The number of rotatable bonds is 4. The molecular weight excluding hydrogens is 197 g/mol. The summed E-state index contributed by atoms with van der Waals surface area (Å²) in [5.74, 6) is -1.22. The number of benzene rings is 1. The zero-order valence-corrected chi connectivity index (χ0v) is 8.42. The molecule has 0 bridgehead atoms. The summed E-state index contributed by atoms with van der Waals surface area (Å²) >= 11 is 0. The maximum atomic E-state index is 13.1. The van der Waals surface area contributed by atoms with Crippen LogP contribution in [-0.2, 0) is 4.79 Å². The number of ketones is 1. The highest BCUT2D eigenvalue weighted by molar-refractivity contribution is 5.97. The van der Waals surface area contributed by atoms with Crippen molar-refractivity contribution >= 4 is 11.7 Å². The van der Waals surface area contributed by atoms with Gasteiger partial charge < -0.3 is 5.73 Å². The van der Waals surface area contributed by atoms with E-state index >= 15 is 0 Å². The van der Waals surface area contributed by atoms with Gasteiger partial charge >= 0.3 is 0 Å². The Morgan fingerprint density at radius 3 is 2.53 bits per heavy atom. The highest BCUT2D eigenvalue weighted by atomic mass is 19.1. The molecule has 0 spiro atoms. The minimum absolute atomic E-state index is 0.00563. The summed E-state index contributed by atoms with van der Waals surface area (Å²) in [6.45, 7) is 1.62. The van der Waals surface area contributed by atoms with Gasteiger partial charge in [-0.1, -0.05) is 12.1 Å². The Morgan fingerprint density at radius 2 is 2.00 bits per heavy atom. The van der Waals surface area contributed by atoms with Gasteiger partial charge in [-0.2, -0.15) is 0 Å². The van der Waals surface area contributed by atoms with Crippen LogP contribution in [0.15, 0.2) is 18.2 Å². The van der Waals surface area contributed by atoms with Gasteiger partial charge in [0.1, 0.15) is 5.82 Å². The lowest BCUT2D eigenvalue weighted by Crippen LogP contribution is -2.12. The number of Topliss-reactive ketones (excluding diaryl/α,β-unsaturated/α-hetero) is 1. The van der Waals surface area contributed by atoms with Crippen LogP contribution in [-0.4, -0.2) is 11.7 Å². The molecule has 15 heavy (non-hydrogen) atoms. The van der Waals surface area contributed by atoms with Gasteiger partial charge in [0.25, 0.3) is 0 Å². The average molecular weight is 209 g/mol. The van der Waals surface area contributed by atoms with Crippen LogP contribution in [0.4, 0.5) is 4.39 Å². The first kappa shape index (κ1) is 11.4. The molecule has 1 amide bonds. The molecule has 0 saturated heterocycles. The van der Waals surface area contributed by atoms with Gasteiger partial charge in [0, 0.05) is 18.4 Å². The number of amides is 1. The summed E-state index contributed by atoms with van der Waals surface area (Å²) in [4.78, 5) is 21.9. The Morgan fingerprint density at radius 1 is 1.33 bits per heavy atom. The molecule has 0 aliphatic heterocycles. The van der Waals surface area contributed by atoms with Crippen LogP contribution < -0.4 is 5.73 Å². The average Bonchev–Trinajstić information content (AvgIpc) is 2.18. The second-order valence-electron chi connectivity index (χ2n) is 3.35. The van der Waals surface area contributed by atoms with Crippen LogP contribution in [0.25, 0.3) is 0 Å². The number of nitrogens with two attached hydrogens (primary N) is 1. The fraction of sp³-hybridized carbons (Fsp3) is 0.273. The quantitative estimate of drug-likeness (QED) is 0.765. The molecule has 1 aromatic rings. The van der Waals surface area contributed by atoms with Gasteiger partial charge in [0.2, 0.25) is 5.91 Å². The molecular formula is C11H12FNO2. The zero-order valence-electron chi connectivity index (χ0n) is 8.42. The van der Waals surface area contributed by atoms with Gasteiger partial charge in [0.15, 0.2) is 5.78 Å². The van der Waals surface area contributed by atoms with Crippen LogP contribution in [0, 0.1) is 12.7 Å². The second-order valence-corrected chi connectivity index (χ2v) is 3.35. The normalized spacial score (nSPS) is 10.0. The van der Waals surface area contributed by atoms with Gasteiger partial charge in [0.05, 0.1) is 0 Å². The van der Waals surface area contributed by atoms with E-state index in [-0.39, 0.29) is 24.2 Å². The van der Waals surface area contributed by atoms with Gasteiger partial charge in [-0.15, -0.1) is 0 Å². The first-order valence-electron chi connectivity index (χ1n) is 4.58. The molecule has 0 heterocycles. The molecule has 1 rings (SSSR count). The molecule has 0 radical (unpaired) electrons. The fourth-order valence-electron chi connectivity index (χ4n) is 1.15. The Bertz CT molecular complexity index is 402. The summed E-state index contributed by atoms with van der Waals surface area (Å²) in [5.41, 5.74) is 5.67. The number of carbonyl (C=O) groups excluding carboxylic acids is 2. The summed E-state index contributed by atoms with van der Waals surface area (Å²) < 4.78 is 13.1. The molecule has 2 N–H and O–H groups in total. The van der Waals surface area contributed by atoms with Crippen LogP contribution >= 0.6 is 0 Å². The van der Waals surface area contributed by atoms with Crippen LogP contribution in [0.5, 0.6) is 0 Å². The van der Waals surface area contributed by atoms with E-state index in [1.165, 1.54) is 12.1 Å². The molecule has 1 aromatic carbocycles. The smallest absolute Gasteiger partial charge is 0.217 e. The largest absolute Gasteiger partial charge is 0.370 e. The van der Waals surface area contributed by atoms with Crippen molar-refractivity contribution in [1.29, 1.82) is 0 Å². The van der Waals surface area contributed by atoms with Crippen LogP contribution in [0.3, 0.4) is 0 Å². The molecule has 80 valence electrons. The van der Waals surface area contributed by atoms with Crippen molar-refractivity contribution in [3.05, 3.63) is 35.1 Å². The van der Waals surface area contributed by atoms with Crippen molar-refractivity contribution in [3.63, 3.8) is 0 Å². The molecule has 0 saturated carbocycles. The van der Waals surface area contributed by atoms with E-state index in [0.717, 1.165) is 0 Å². The van der Waals surface area contributed by atoms with E-state index in [1.807, 2.05) is 0 Å². The second kappa shape index (κ2) is 4.68. The number of carbonyl (C=O) groups is 2. The highest BCUT2D eigenvalue weighted by Gasteiger charge is 2.09. The maximum absolute atomic E-state index is 13.1. The van der Waals surface area contributed by atoms with Gasteiger partial charge in [-0.05, 0) is 18.6 Å². The molecule has 0 atom stereocenters. The standard InChI is InChI=1S/C11H12FNO2/c1-7-2-3-8(6-9(7)12)10(14)4-5-11(13)15/h2-3,6H,4-5H2,1H3,(H2,13,15). The SMILES string of the molecule is Cc1ccc(C(=O)CCC(N)=O)cc1F. The summed E-state index contributed by atoms with van der Waals surface area (Å²) in [5, 5.41) is 0. The van der Waals surface area contributed by atoms with E-state index in [2.05, 4.69) is 0 Å². The van der Waals surface area contributed by atoms with Crippen LogP contribution in [0.1, 0.15) is 28.8 Å². The molecule has 3 nitrogen and oxygen atoms in total. The molecule has 0 fully saturated rings. The third-order valence-electron chi connectivity index (χ3n) is 2.09. The van der Waals surface area contributed by atoms with Crippen molar-refractivity contribution in [1.82, 2.24) is 0 Å². The predicted octanol–water partition coefficient (Wildman–Crippen LogP) is 1.58. The Hall–Kier alpha value is -1.71. The lowest BCUT2D eigenvalue weighted by molar-refractivity contribution is -0.118. The number of hydrogen-bond acceptors (Lipinski definition) is 2. The minimum Gasteiger partial charge on any atom is -0.370 e.